The molecule has 0 fully saturated rings. The van der Waals surface area contributed by atoms with Gasteiger partial charge < -0.3 is 13.9 Å². The van der Waals surface area contributed by atoms with Crippen molar-refractivity contribution in [3.8, 4) is 23.0 Å². The first-order chi connectivity index (χ1) is 15.0. The van der Waals surface area contributed by atoms with E-state index in [2.05, 4.69) is 72.7 Å². The topological polar surface area (TPSA) is 44.5 Å². The highest BCUT2D eigenvalue weighted by atomic mass is 16.5. The highest BCUT2D eigenvalue weighted by Gasteiger charge is 2.28. The van der Waals surface area contributed by atoms with Gasteiger partial charge in [-0.3, -0.25) is 0 Å². The first-order valence-corrected chi connectivity index (χ1v) is 11.4. The van der Waals surface area contributed by atoms with Crippen LogP contribution in [0.15, 0.2) is 47.1 Å². The normalized spacial score (nSPS) is 12.1. The summed E-state index contributed by atoms with van der Waals surface area (Å²) in [6, 6.07) is 12.5. The van der Waals surface area contributed by atoms with Crippen molar-refractivity contribution in [2.24, 2.45) is 0 Å². The number of aromatic nitrogens is 1. The monoisotopic (exact) mass is 435 g/mol. The number of aryl methyl sites for hydroxylation is 1. The molecule has 4 nitrogen and oxygen atoms in total. The molecule has 0 radical (unpaired) electrons. The summed E-state index contributed by atoms with van der Waals surface area (Å²) in [6.45, 7) is 15.9. The molecule has 4 heteroatoms. The van der Waals surface area contributed by atoms with Gasteiger partial charge in [0.25, 0.3) is 0 Å². The number of benzene rings is 2. The number of hydrogen-bond donors (Lipinski definition) is 0. The zero-order chi connectivity index (χ0) is 23.5. The van der Waals surface area contributed by atoms with Crippen LogP contribution in [0.5, 0.6) is 11.5 Å². The minimum absolute atomic E-state index is 0.0715. The maximum Gasteiger partial charge on any atom is 0.226 e. The molecule has 0 aliphatic carbocycles. The van der Waals surface area contributed by atoms with Crippen molar-refractivity contribution < 1.29 is 13.9 Å². The lowest BCUT2D eigenvalue weighted by atomic mass is 9.78. The summed E-state index contributed by atoms with van der Waals surface area (Å²) in [5.41, 5.74) is 5.33. The van der Waals surface area contributed by atoms with Gasteiger partial charge in [0.2, 0.25) is 5.89 Å². The van der Waals surface area contributed by atoms with Gasteiger partial charge in [0, 0.05) is 23.1 Å². The van der Waals surface area contributed by atoms with Crippen LogP contribution in [0.25, 0.3) is 11.5 Å². The molecule has 32 heavy (non-hydrogen) atoms. The Bertz CT molecular complexity index is 999. The van der Waals surface area contributed by atoms with Crippen LogP contribution in [0, 0.1) is 0 Å². The lowest BCUT2D eigenvalue weighted by molar-refractivity contribution is 0.320. The first-order valence-electron chi connectivity index (χ1n) is 11.4. The fourth-order valence-corrected chi connectivity index (χ4v) is 3.74. The summed E-state index contributed by atoms with van der Waals surface area (Å²) < 4.78 is 17.6. The Morgan fingerprint density at radius 2 is 1.50 bits per heavy atom. The van der Waals surface area contributed by atoms with Gasteiger partial charge in [-0.25, -0.2) is 4.98 Å². The van der Waals surface area contributed by atoms with Gasteiger partial charge in [-0.05, 0) is 47.1 Å². The van der Waals surface area contributed by atoms with E-state index in [1.54, 1.807) is 13.4 Å². The molecule has 2 aromatic carbocycles. The Labute approximate surface area is 193 Å². The molecule has 0 atom stereocenters. The molecule has 0 unspecified atom stereocenters. The van der Waals surface area contributed by atoms with E-state index in [4.69, 9.17) is 18.9 Å². The molecule has 0 saturated carbocycles. The standard InChI is InChI=1S/C28H37NO3/c1-9-19-10-12-22(13-11-19)31-15-14-21-18-32-26(29-21)20-16-23(27(2,3)4)25(30-8)24(17-20)28(5,6)7/h10-13,16-18H,9,14-15H2,1-8H3. The van der Waals surface area contributed by atoms with Gasteiger partial charge in [0.05, 0.1) is 19.4 Å². The van der Waals surface area contributed by atoms with Crippen LogP contribution < -0.4 is 9.47 Å². The van der Waals surface area contributed by atoms with Crippen molar-refractivity contribution in [3.63, 3.8) is 0 Å². The van der Waals surface area contributed by atoms with Gasteiger partial charge in [-0.2, -0.15) is 0 Å². The molecule has 0 aliphatic heterocycles. The highest BCUT2D eigenvalue weighted by molar-refractivity contribution is 5.63. The Morgan fingerprint density at radius 3 is 2.00 bits per heavy atom. The van der Waals surface area contributed by atoms with Gasteiger partial charge in [-0.1, -0.05) is 60.6 Å². The molecule has 3 aromatic rings. The van der Waals surface area contributed by atoms with Crippen LogP contribution in [0.4, 0.5) is 0 Å². The van der Waals surface area contributed by atoms with Gasteiger partial charge >= 0.3 is 0 Å². The van der Waals surface area contributed by atoms with Gasteiger partial charge in [0.1, 0.15) is 17.8 Å². The number of ether oxygens (including phenoxy) is 2. The largest absolute Gasteiger partial charge is 0.496 e. The van der Waals surface area contributed by atoms with Gasteiger partial charge in [0.15, 0.2) is 0 Å². The number of oxazole rings is 1. The predicted molar refractivity (Wildman–Crippen MR) is 131 cm³/mol. The molecular formula is C28H37NO3. The van der Waals surface area contributed by atoms with E-state index in [9.17, 15) is 0 Å². The summed E-state index contributed by atoms with van der Waals surface area (Å²) in [6.07, 6.45) is 3.45. The molecule has 3 rings (SSSR count). The Morgan fingerprint density at radius 1 is 0.906 bits per heavy atom. The van der Waals surface area contributed by atoms with Crippen LogP contribution in [0.2, 0.25) is 0 Å². The Hall–Kier alpha value is -2.75. The molecule has 0 N–H and O–H groups in total. The average molecular weight is 436 g/mol. The van der Waals surface area contributed by atoms with E-state index in [1.165, 1.54) is 5.56 Å². The molecule has 0 aliphatic rings. The van der Waals surface area contributed by atoms with Crippen molar-refractivity contribution in [2.75, 3.05) is 13.7 Å². The minimum atomic E-state index is -0.0715. The third kappa shape index (κ3) is 5.53. The van der Waals surface area contributed by atoms with Gasteiger partial charge in [-0.15, -0.1) is 0 Å². The fourth-order valence-electron chi connectivity index (χ4n) is 3.74. The molecular weight excluding hydrogens is 398 g/mol. The average Bonchev–Trinajstić information content (AvgIpc) is 3.21. The van der Waals surface area contributed by atoms with E-state index >= 15 is 0 Å². The molecule has 0 saturated heterocycles. The predicted octanol–water partition coefficient (Wildman–Crippen LogP) is 7.13. The van der Waals surface area contributed by atoms with E-state index in [1.807, 2.05) is 12.1 Å². The Balaban J connectivity index is 1.82. The van der Waals surface area contributed by atoms with E-state index in [-0.39, 0.29) is 10.8 Å². The third-order valence-electron chi connectivity index (χ3n) is 5.67. The molecule has 1 heterocycles. The second-order valence-electron chi connectivity index (χ2n) is 10.3. The van der Waals surface area contributed by atoms with E-state index < -0.39 is 0 Å². The molecule has 172 valence electrons. The smallest absolute Gasteiger partial charge is 0.226 e. The fraction of sp³-hybridized carbons (Fsp3) is 0.464. The summed E-state index contributed by atoms with van der Waals surface area (Å²) >= 11 is 0. The summed E-state index contributed by atoms with van der Waals surface area (Å²) in [5.74, 6) is 2.46. The third-order valence-corrected chi connectivity index (χ3v) is 5.67. The second-order valence-corrected chi connectivity index (χ2v) is 10.3. The molecule has 0 amide bonds. The van der Waals surface area contributed by atoms with Crippen molar-refractivity contribution in [1.29, 1.82) is 0 Å². The quantitative estimate of drug-likeness (QED) is 0.396. The highest BCUT2D eigenvalue weighted by Crippen LogP contribution is 2.42. The van der Waals surface area contributed by atoms with Crippen molar-refractivity contribution in [2.45, 2.75) is 72.1 Å². The minimum Gasteiger partial charge on any atom is -0.496 e. The zero-order valence-corrected chi connectivity index (χ0v) is 20.8. The number of hydrogen-bond acceptors (Lipinski definition) is 4. The molecule has 0 bridgehead atoms. The first kappa shape index (κ1) is 23.9. The second kappa shape index (κ2) is 9.40. The van der Waals surface area contributed by atoms with Crippen molar-refractivity contribution in [1.82, 2.24) is 4.98 Å². The van der Waals surface area contributed by atoms with Crippen LogP contribution >= 0.6 is 0 Å². The lowest BCUT2D eigenvalue weighted by Gasteiger charge is -2.29. The van der Waals surface area contributed by atoms with Crippen LogP contribution in [-0.4, -0.2) is 18.7 Å². The lowest BCUT2D eigenvalue weighted by Crippen LogP contribution is -2.19. The molecule has 1 aromatic heterocycles. The summed E-state index contributed by atoms with van der Waals surface area (Å²) in [4.78, 5) is 4.75. The van der Waals surface area contributed by atoms with E-state index in [0.717, 1.165) is 40.3 Å². The zero-order valence-electron chi connectivity index (χ0n) is 20.8. The Kier molecular flexibility index (Phi) is 7.02. The maximum atomic E-state index is 5.89. The SMILES string of the molecule is CCc1ccc(OCCc2coc(-c3cc(C(C)(C)C)c(OC)c(C(C)(C)C)c3)n2)cc1. The molecule has 0 spiro atoms. The van der Waals surface area contributed by atoms with Crippen LogP contribution in [0.1, 0.15) is 70.9 Å². The summed E-state index contributed by atoms with van der Waals surface area (Å²) in [5, 5.41) is 0. The van der Waals surface area contributed by atoms with Crippen LogP contribution in [0.3, 0.4) is 0 Å². The van der Waals surface area contributed by atoms with E-state index in [0.29, 0.717) is 18.9 Å². The summed E-state index contributed by atoms with van der Waals surface area (Å²) in [7, 11) is 1.75. The van der Waals surface area contributed by atoms with Crippen molar-refractivity contribution >= 4 is 0 Å². The van der Waals surface area contributed by atoms with Crippen LogP contribution in [-0.2, 0) is 23.7 Å². The maximum absolute atomic E-state index is 5.89. The number of nitrogens with zero attached hydrogens (tertiary/aromatic N) is 1. The van der Waals surface area contributed by atoms with Crippen molar-refractivity contribution in [3.05, 3.63) is 65.0 Å². The number of rotatable bonds is 7. The number of methoxy groups -OCH3 is 1.